The summed E-state index contributed by atoms with van der Waals surface area (Å²) >= 11 is 0. The van der Waals surface area contributed by atoms with Crippen LogP contribution in [0, 0.1) is 17.5 Å². The summed E-state index contributed by atoms with van der Waals surface area (Å²) in [6.45, 7) is 1.78. The lowest BCUT2D eigenvalue weighted by atomic mass is 10.1. The Morgan fingerprint density at radius 2 is 1.75 bits per heavy atom. The van der Waals surface area contributed by atoms with Crippen LogP contribution in [-0.4, -0.2) is 37.0 Å². The molecular formula is C13H14F3NO3. The van der Waals surface area contributed by atoms with Gasteiger partial charge in [-0.25, -0.2) is 13.2 Å². The van der Waals surface area contributed by atoms with E-state index in [1.54, 1.807) is 6.92 Å². The molecule has 0 aliphatic carbocycles. The summed E-state index contributed by atoms with van der Waals surface area (Å²) < 4.78 is 44.3. The highest BCUT2D eigenvalue weighted by Crippen LogP contribution is 2.16. The summed E-state index contributed by atoms with van der Waals surface area (Å²) in [6.07, 6.45) is -0.0967. The van der Waals surface area contributed by atoms with Crippen molar-refractivity contribution in [2.45, 2.75) is 13.3 Å². The molecule has 0 saturated carbocycles. The summed E-state index contributed by atoms with van der Waals surface area (Å²) in [6, 6.07) is 0.852. The molecule has 0 N–H and O–H groups in total. The zero-order valence-electron chi connectivity index (χ0n) is 11.1. The van der Waals surface area contributed by atoms with Crippen molar-refractivity contribution in [3.05, 3.63) is 35.1 Å². The second kappa shape index (κ2) is 6.93. The number of esters is 1. The van der Waals surface area contributed by atoms with Crippen molar-refractivity contribution < 1.29 is 27.5 Å². The van der Waals surface area contributed by atoms with Crippen LogP contribution in [0.2, 0.25) is 0 Å². The first-order chi connectivity index (χ1) is 9.36. The Kier molecular flexibility index (Phi) is 5.54. The van der Waals surface area contributed by atoms with Crippen LogP contribution < -0.4 is 0 Å². The van der Waals surface area contributed by atoms with Crippen molar-refractivity contribution in [1.29, 1.82) is 0 Å². The number of amides is 1. The molecule has 0 spiro atoms. The smallest absolute Gasteiger partial charge is 0.307 e. The third-order valence-corrected chi connectivity index (χ3v) is 2.52. The molecule has 4 nitrogen and oxygen atoms in total. The minimum Gasteiger partial charge on any atom is -0.466 e. The fourth-order valence-corrected chi connectivity index (χ4v) is 1.53. The van der Waals surface area contributed by atoms with Gasteiger partial charge in [0.1, 0.15) is 23.0 Å². The molecule has 0 heterocycles. The fraction of sp³-hybridized carbons (Fsp3) is 0.385. The maximum Gasteiger partial charge on any atom is 0.307 e. The van der Waals surface area contributed by atoms with E-state index in [1.807, 2.05) is 0 Å². The van der Waals surface area contributed by atoms with Crippen LogP contribution in [0.1, 0.15) is 23.7 Å². The van der Waals surface area contributed by atoms with Crippen LogP contribution in [0.3, 0.4) is 0 Å². The molecule has 0 atom stereocenters. The highest BCUT2D eigenvalue weighted by atomic mass is 19.1. The molecule has 1 amide bonds. The number of halogens is 3. The summed E-state index contributed by atoms with van der Waals surface area (Å²) in [4.78, 5) is 23.9. The second-order valence-corrected chi connectivity index (χ2v) is 4.03. The van der Waals surface area contributed by atoms with Gasteiger partial charge in [-0.3, -0.25) is 9.59 Å². The SMILES string of the molecule is CCOC(=O)CCN(C)C(=O)c1c(F)cc(F)cc1F. The lowest BCUT2D eigenvalue weighted by molar-refractivity contribution is -0.143. The van der Waals surface area contributed by atoms with Gasteiger partial charge in [-0.15, -0.1) is 0 Å². The van der Waals surface area contributed by atoms with Crippen LogP contribution in [0.4, 0.5) is 13.2 Å². The summed E-state index contributed by atoms with van der Waals surface area (Å²) in [5, 5.41) is 0. The summed E-state index contributed by atoms with van der Waals surface area (Å²) in [5.41, 5.74) is -0.849. The summed E-state index contributed by atoms with van der Waals surface area (Å²) in [5.74, 6) is -5.16. The Bertz CT molecular complexity index is 497. The first-order valence-electron chi connectivity index (χ1n) is 5.92. The maximum atomic E-state index is 13.4. The van der Waals surface area contributed by atoms with Crippen molar-refractivity contribution in [1.82, 2.24) is 4.90 Å². The topological polar surface area (TPSA) is 46.6 Å². The van der Waals surface area contributed by atoms with Gasteiger partial charge >= 0.3 is 5.97 Å². The monoisotopic (exact) mass is 289 g/mol. The molecule has 1 rings (SSSR count). The van der Waals surface area contributed by atoms with Gasteiger partial charge in [-0.2, -0.15) is 0 Å². The first-order valence-corrected chi connectivity index (χ1v) is 5.92. The van der Waals surface area contributed by atoms with Gasteiger partial charge in [-0.05, 0) is 6.92 Å². The average molecular weight is 289 g/mol. The zero-order chi connectivity index (χ0) is 15.3. The predicted molar refractivity (Wildman–Crippen MR) is 64.5 cm³/mol. The molecule has 20 heavy (non-hydrogen) atoms. The molecule has 110 valence electrons. The molecular weight excluding hydrogens is 275 g/mol. The molecule has 0 bridgehead atoms. The molecule has 0 radical (unpaired) electrons. The molecule has 0 unspecified atom stereocenters. The number of rotatable bonds is 5. The average Bonchev–Trinajstić information content (AvgIpc) is 2.34. The molecule has 7 heteroatoms. The molecule has 0 saturated heterocycles. The molecule has 0 aromatic heterocycles. The van der Waals surface area contributed by atoms with E-state index in [0.717, 1.165) is 4.90 Å². The van der Waals surface area contributed by atoms with E-state index >= 15 is 0 Å². The number of benzene rings is 1. The maximum absolute atomic E-state index is 13.4. The van der Waals surface area contributed by atoms with Gasteiger partial charge in [-0.1, -0.05) is 0 Å². The minimum absolute atomic E-state index is 0.0616. The Balaban J connectivity index is 2.77. The third-order valence-electron chi connectivity index (χ3n) is 2.52. The first kappa shape index (κ1) is 16.0. The lowest BCUT2D eigenvalue weighted by Crippen LogP contribution is -2.31. The number of nitrogens with zero attached hydrogens (tertiary/aromatic N) is 1. The van der Waals surface area contributed by atoms with Crippen LogP contribution in [-0.2, 0) is 9.53 Å². The number of carbonyl (C=O) groups is 2. The predicted octanol–water partition coefficient (Wildman–Crippen LogP) is 2.13. The summed E-state index contributed by atoms with van der Waals surface area (Å²) in [7, 11) is 1.28. The van der Waals surface area contributed by atoms with Crippen LogP contribution in [0.25, 0.3) is 0 Å². The van der Waals surface area contributed by atoms with E-state index < -0.39 is 34.9 Å². The van der Waals surface area contributed by atoms with E-state index in [-0.39, 0.29) is 19.6 Å². The second-order valence-electron chi connectivity index (χ2n) is 4.03. The Morgan fingerprint density at radius 1 is 1.20 bits per heavy atom. The number of carbonyl (C=O) groups excluding carboxylic acids is 2. The van der Waals surface area contributed by atoms with E-state index in [9.17, 15) is 22.8 Å². The molecule has 0 aliphatic rings. The van der Waals surface area contributed by atoms with Gasteiger partial charge in [0.2, 0.25) is 0 Å². The van der Waals surface area contributed by atoms with Gasteiger partial charge in [0, 0.05) is 25.7 Å². The van der Waals surface area contributed by atoms with Crippen LogP contribution in [0.15, 0.2) is 12.1 Å². The third kappa shape index (κ3) is 3.97. The number of hydrogen-bond donors (Lipinski definition) is 0. The van der Waals surface area contributed by atoms with Gasteiger partial charge in [0.25, 0.3) is 5.91 Å². The van der Waals surface area contributed by atoms with Crippen molar-refractivity contribution in [3.8, 4) is 0 Å². The standard InChI is InChI=1S/C13H14F3NO3/c1-3-20-11(18)4-5-17(2)13(19)12-9(15)6-8(14)7-10(12)16/h6-7H,3-5H2,1-2H3. The Labute approximate surface area is 114 Å². The molecule has 1 aromatic carbocycles. The van der Waals surface area contributed by atoms with Gasteiger partial charge in [0.15, 0.2) is 0 Å². The van der Waals surface area contributed by atoms with Crippen molar-refractivity contribution in [2.75, 3.05) is 20.2 Å². The van der Waals surface area contributed by atoms with Crippen molar-refractivity contribution in [3.63, 3.8) is 0 Å². The molecule has 1 aromatic rings. The van der Waals surface area contributed by atoms with E-state index in [0.29, 0.717) is 12.1 Å². The normalized spacial score (nSPS) is 10.2. The van der Waals surface area contributed by atoms with Crippen molar-refractivity contribution in [2.24, 2.45) is 0 Å². The van der Waals surface area contributed by atoms with E-state index in [1.165, 1.54) is 7.05 Å². The van der Waals surface area contributed by atoms with E-state index in [4.69, 9.17) is 0 Å². The fourth-order valence-electron chi connectivity index (χ4n) is 1.53. The largest absolute Gasteiger partial charge is 0.466 e. The zero-order valence-corrected chi connectivity index (χ0v) is 11.1. The van der Waals surface area contributed by atoms with Gasteiger partial charge in [0.05, 0.1) is 13.0 Å². The lowest BCUT2D eigenvalue weighted by Gasteiger charge is -2.17. The van der Waals surface area contributed by atoms with Crippen LogP contribution >= 0.6 is 0 Å². The quantitative estimate of drug-likeness (QED) is 0.780. The minimum atomic E-state index is -1.28. The Morgan fingerprint density at radius 3 is 2.25 bits per heavy atom. The van der Waals surface area contributed by atoms with Gasteiger partial charge < -0.3 is 9.64 Å². The van der Waals surface area contributed by atoms with Crippen LogP contribution in [0.5, 0.6) is 0 Å². The van der Waals surface area contributed by atoms with Crippen molar-refractivity contribution >= 4 is 11.9 Å². The van der Waals surface area contributed by atoms with E-state index in [2.05, 4.69) is 4.74 Å². The Hall–Kier alpha value is -2.05. The highest BCUT2D eigenvalue weighted by Gasteiger charge is 2.22. The molecule has 0 fully saturated rings. The molecule has 0 aliphatic heterocycles. The number of ether oxygens (including phenoxy) is 1. The number of hydrogen-bond acceptors (Lipinski definition) is 3. The highest BCUT2D eigenvalue weighted by molar-refractivity contribution is 5.94.